The van der Waals surface area contributed by atoms with Gasteiger partial charge in [0.2, 0.25) is 0 Å². The lowest BCUT2D eigenvalue weighted by molar-refractivity contribution is 0.874. The Hall–Kier alpha value is -1.61. The van der Waals surface area contributed by atoms with Crippen molar-refractivity contribution in [3.05, 3.63) is 54.1 Å². The molecule has 0 saturated heterocycles. The molecule has 3 heteroatoms. The number of nitrogens with two attached hydrogens (primary N) is 1. The van der Waals surface area contributed by atoms with Crippen molar-refractivity contribution < 1.29 is 0 Å². The van der Waals surface area contributed by atoms with Crippen LogP contribution in [0.3, 0.4) is 0 Å². The number of anilines is 2. The summed E-state index contributed by atoms with van der Waals surface area (Å²) >= 11 is 1.91. The number of hydrogen-bond acceptors (Lipinski definition) is 3. The van der Waals surface area contributed by atoms with Crippen molar-refractivity contribution in [2.75, 3.05) is 29.5 Å². The second-order valence-corrected chi connectivity index (χ2v) is 5.96. The maximum atomic E-state index is 5.88. The fourth-order valence-electron chi connectivity index (χ4n) is 2.49. The molecule has 0 saturated carbocycles. The summed E-state index contributed by atoms with van der Waals surface area (Å²) in [5.74, 6) is 1.11. The van der Waals surface area contributed by atoms with Crippen LogP contribution in [-0.4, -0.2) is 18.8 Å². The van der Waals surface area contributed by atoms with E-state index in [4.69, 9.17) is 5.73 Å². The summed E-state index contributed by atoms with van der Waals surface area (Å²) in [6.45, 7) is 2.20. The number of fused-ring (bicyclic) bond motifs is 1. The third-order valence-electron chi connectivity index (χ3n) is 3.47. The molecule has 0 atom stereocenters. The first-order chi connectivity index (χ1) is 9.33. The molecule has 98 valence electrons. The number of rotatable bonds is 4. The van der Waals surface area contributed by atoms with E-state index < -0.39 is 0 Å². The van der Waals surface area contributed by atoms with Crippen LogP contribution in [0.2, 0.25) is 0 Å². The summed E-state index contributed by atoms with van der Waals surface area (Å²) in [4.78, 5) is 3.79. The molecule has 0 aromatic heterocycles. The predicted molar refractivity (Wildman–Crippen MR) is 83.9 cm³/mol. The molecule has 2 aromatic carbocycles. The van der Waals surface area contributed by atoms with Crippen molar-refractivity contribution in [2.45, 2.75) is 11.3 Å². The van der Waals surface area contributed by atoms with Crippen molar-refractivity contribution >= 4 is 23.1 Å². The smallest absolute Gasteiger partial charge is 0.0420 e. The summed E-state index contributed by atoms with van der Waals surface area (Å²) < 4.78 is 0. The third kappa shape index (κ3) is 2.87. The van der Waals surface area contributed by atoms with Crippen LogP contribution in [0.1, 0.15) is 5.56 Å². The van der Waals surface area contributed by atoms with Gasteiger partial charge in [0.05, 0.1) is 0 Å². The second-order valence-electron chi connectivity index (χ2n) is 4.79. The summed E-state index contributed by atoms with van der Waals surface area (Å²) in [6.07, 6.45) is 1.14. The predicted octanol–water partition coefficient (Wildman–Crippen LogP) is 3.42. The van der Waals surface area contributed by atoms with Gasteiger partial charge in [-0.15, -0.1) is 11.8 Å². The third-order valence-corrected chi connectivity index (χ3v) is 4.47. The summed E-state index contributed by atoms with van der Waals surface area (Å²) in [6, 6.07) is 16.8. The minimum absolute atomic E-state index is 0.862. The van der Waals surface area contributed by atoms with Gasteiger partial charge in [0.25, 0.3) is 0 Å². The molecule has 2 aromatic rings. The Labute approximate surface area is 118 Å². The maximum Gasteiger partial charge on any atom is 0.0420 e. The monoisotopic (exact) mass is 270 g/mol. The van der Waals surface area contributed by atoms with E-state index >= 15 is 0 Å². The standard InChI is InChI=1S/C16H18N2S/c17-14-7-6-13-8-9-18(16(13)12-14)10-11-19-15-4-2-1-3-5-15/h1-7,12H,8-11,17H2. The Morgan fingerprint density at radius 3 is 2.79 bits per heavy atom. The van der Waals surface area contributed by atoms with E-state index in [2.05, 4.69) is 47.4 Å². The molecular formula is C16H18N2S. The number of benzene rings is 2. The second kappa shape index (κ2) is 5.57. The lowest BCUT2D eigenvalue weighted by atomic mass is 10.1. The zero-order chi connectivity index (χ0) is 13.1. The maximum absolute atomic E-state index is 5.88. The molecule has 0 spiro atoms. The molecule has 0 fully saturated rings. The Bertz CT molecular complexity index is 554. The van der Waals surface area contributed by atoms with Crippen LogP contribution in [0.5, 0.6) is 0 Å². The molecule has 0 unspecified atom stereocenters. The first kappa shape index (κ1) is 12.4. The molecule has 0 aliphatic carbocycles. The zero-order valence-electron chi connectivity index (χ0n) is 10.9. The molecule has 0 bridgehead atoms. The highest BCUT2D eigenvalue weighted by molar-refractivity contribution is 7.99. The number of hydrogen-bond donors (Lipinski definition) is 1. The van der Waals surface area contributed by atoms with Crippen molar-refractivity contribution in [1.82, 2.24) is 0 Å². The van der Waals surface area contributed by atoms with E-state index in [9.17, 15) is 0 Å². The molecule has 2 nitrogen and oxygen atoms in total. The Kier molecular flexibility index (Phi) is 3.65. The van der Waals surface area contributed by atoms with Crippen LogP contribution < -0.4 is 10.6 Å². The SMILES string of the molecule is Nc1ccc2c(c1)N(CCSc1ccccc1)CC2. The van der Waals surface area contributed by atoms with Gasteiger partial charge in [0.15, 0.2) is 0 Å². The highest BCUT2D eigenvalue weighted by Gasteiger charge is 2.18. The Morgan fingerprint density at radius 1 is 1.11 bits per heavy atom. The lowest BCUT2D eigenvalue weighted by Gasteiger charge is -2.19. The van der Waals surface area contributed by atoms with Crippen molar-refractivity contribution in [3.63, 3.8) is 0 Å². The van der Waals surface area contributed by atoms with Crippen LogP contribution in [-0.2, 0) is 6.42 Å². The van der Waals surface area contributed by atoms with Gasteiger partial charge in [-0.2, -0.15) is 0 Å². The minimum atomic E-state index is 0.862. The van der Waals surface area contributed by atoms with Crippen LogP contribution in [0, 0.1) is 0 Å². The van der Waals surface area contributed by atoms with Crippen LogP contribution in [0.4, 0.5) is 11.4 Å². The zero-order valence-corrected chi connectivity index (χ0v) is 11.7. The molecular weight excluding hydrogens is 252 g/mol. The summed E-state index contributed by atoms with van der Waals surface area (Å²) in [5.41, 5.74) is 9.50. The van der Waals surface area contributed by atoms with E-state index in [1.54, 1.807) is 0 Å². The van der Waals surface area contributed by atoms with Gasteiger partial charge in [0, 0.05) is 35.1 Å². The van der Waals surface area contributed by atoms with Crippen molar-refractivity contribution in [2.24, 2.45) is 0 Å². The van der Waals surface area contributed by atoms with Crippen LogP contribution >= 0.6 is 11.8 Å². The molecule has 1 aliphatic heterocycles. The molecule has 1 aliphatic rings. The molecule has 0 radical (unpaired) electrons. The van der Waals surface area contributed by atoms with E-state index in [1.807, 2.05) is 17.8 Å². The van der Waals surface area contributed by atoms with Crippen molar-refractivity contribution in [1.29, 1.82) is 0 Å². The Balaban J connectivity index is 1.59. The topological polar surface area (TPSA) is 29.3 Å². The first-order valence-corrected chi connectivity index (χ1v) is 7.63. The Morgan fingerprint density at radius 2 is 1.95 bits per heavy atom. The molecule has 0 amide bonds. The molecule has 1 heterocycles. The van der Waals surface area contributed by atoms with E-state index in [0.717, 1.165) is 31.0 Å². The van der Waals surface area contributed by atoms with Gasteiger partial charge < -0.3 is 10.6 Å². The summed E-state index contributed by atoms with van der Waals surface area (Å²) in [7, 11) is 0. The fourth-order valence-corrected chi connectivity index (χ4v) is 3.38. The van der Waals surface area contributed by atoms with E-state index in [-0.39, 0.29) is 0 Å². The first-order valence-electron chi connectivity index (χ1n) is 6.64. The van der Waals surface area contributed by atoms with Gasteiger partial charge in [-0.3, -0.25) is 0 Å². The number of nitrogens with zero attached hydrogens (tertiary/aromatic N) is 1. The van der Waals surface area contributed by atoms with Gasteiger partial charge in [-0.1, -0.05) is 24.3 Å². The normalized spacial score (nSPS) is 13.6. The van der Waals surface area contributed by atoms with Crippen molar-refractivity contribution in [3.8, 4) is 0 Å². The number of nitrogen functional groups attached to an aromatic ring is 1. The van der Waals surface area contributed by atoms with Gasteiger partial charge in [-0.25, -0.2) is 0 Å². The summed E-state index contributed by atoms with van der Waals surface area (Å²) in [5, 5.41) is 0. The van der Waals surface area contributed by atoms with Crippen LogP contribution in [0.25, 0.3) is 0 Å². The van der Waals surface area contributed by atoms with Gasteiger partial charge in [-0.05, 0) is 36.2 Å². The average molecular weight is 270 g/mol. The average Bonchev–Trinajstić information content (AvgIpc) is 2.83. The molecule has 2 N–H and O–H groups in total. The largest absolute Gasteiger partial charge is 0.399 e. The minimum Gasteiger partial charge on any atom is -0.399 e. The quantitative estimate of drug-likeness (QED) is 0.682. The van der Waals surface area contributed by atoms with Crippen LogP contribution in [0.15, 0.2) is 53.4 Å². The van der Waals surface area contributed by atoms with Gasteiger partial charge >= 0.3 is 0 Å². The van der Waals surface area contributed by atoms with E-state index in [1.165, 1.54) is 16.1 Å². The van der Waals surface area contributed by atoms with E-state index in [0.29, 0.717) is 0 Å². The number of thioether (sulfide) groups is 1. The van der Waals surface area contributed by atoms with Gasteiger partial charge in [0.1, 0.15) is 0 Å². The highest BCUT2D eigenvalue weighted by Crippen LogP contribution is 2.30. The molecule has 19 heavy (non-hydrogen) atoms. The fraction of sp³-hybridized carbons (Fsp3) is 0.250. The molecule has 3 rings (SSSR count). The highest BCUT2D eigenvalue weighted by atomic mass is 32.2. The lowest BCUT2D eigenvalue weighted by Crippen LogP contribution is -2.23.